The second-order valence-electron chi connectivity index (χ2n) is 4.82. The normalized spacial score (nSPS) is 18.7. The summed E-state index contributed by atoms with van der Waals surface area (Å²) in [6.07, 6.45) is 7.10. The van der Waals surface area contributed by atoms with Gasteiger partial charge in [-0.15, -0.1) is 0 Å². The minimum atomic E-state index is -0.526. The molecule has 1 aromatic heterocycles. The molecule has 1 heterocycles. The van der Waals surface area contributed by atoms with Crippen LogP contribution in [0.2, 0.25) is 0 Å². The van der Waals surface area contributed by atoms with Crippen molar-refractivity contribution in [2.24, 2.45) is 0 Å². The molecule has 2 rings (SSSR count). The van der Waals surface area contributed by atoms with Crippen molar-refractivity contribution >= 4 is 11.5 Å². The maximum absolute atomic E-state index is 10.4. The highest BCUT2D eigenvalue weighted by atomic mass is 16.3. The first-order chi connectivity index (χ1) is 8.22. The van der Waals surface area contributed by atoms with Gasteiger partial charge in [0.15, 0.2) is 0 Å². The van der Waals surface area contributed by atoms with Crippen LogP contribution < -0.4 is 10.6 Å². The van der Waals surface area contributed by atoms with Crippen LogP contribution in [0.15, 0.2) is 18.3 Å². The Hall–Kier alpha value is -1.29. The summed E-state index contributed by atoms with van der Waals surface area (Å²) in [5, 5.41) is 16.7. The molecule has 4 heteroatoms. The number of aromatic nitrogens is 1. The Morgan fingerprint density at radius 3 is 2.82 bits per heavy atom. The summed E-state index contributed by atoms with van der Waals surface area (Å²) in [5.41, 5.74) is 0.477. The molecule has 0 saturated heterocycles. The van der Waals surface area contributed by atoms with Crippen molar-refractivity contribution in [3.63, 3.8) is 0 Å². The van der Waals surface area contributed by atoms with Gasteiger partial charge in [0.05, 0.1) is 5.60 Å². The van der Waals surface area contributed by atoms with E-state index in [1.54, 1.807) is 6.20 Å². The van der Waals surface area contributed by atoms with Crippen LogP contribution in [0.5, 0.6) is 0 Å². The second-order valence-corrected chi connectivity index (χ2v) is 4.82. The maximum Gasteiger partial charge on any atom is 0.127 e. The molecule has 17 heavy (non-hydrogen) atoms. The quantitative estimate of drug-likeness (QED) is 0.749. The summed E-state index contributed by atoms with van der Waals surface area (Å²) in [7, 11) is 1.85. The molecule has 0 bridgehead atoms. The van der Waals surface area contributed by atoms with Gasteiger partial charge in [0.25, 0.3) is 0 Å². The van der Waals surface area contributed by atoms with Crippen LogP contribution in [0.4, 0.5) is 11.5 Å². The van der Waals surface area contributed by atoms with Crippen LogP contribution in [0, 0.1) is 0 Å². The number of anilines is 2. The van der Waals surface area contributed by atoms with Gasteiger partial charge >= 0.3 is 0 Å². The zero-order chi connectivity index (χ0) is 12.1. The van der Waals surface area contributed by atoms with E-state index in [0.29, 0.717) is 6.54 Å². The van der Waals surface area contributed by atoms with Crippen molar-refractivity contribution in [2.45, 2.75) is 37.7 Å². The minimum absolute atomic E-state index is 0.526. The highest BCUT2D eigenvalue weighted by Crippen LogP contribution is 2.28. The van der Waals surface area contributed by atoms with E-state index in [1.807, 2.05) is 19.2 Å². The van der Waals surface area contributed by atoms with Gasteiger partial charge in [0, 0.05) is 31.5 Å². The summed E-state index contributed by atoms with van der Waals surface area (Å²) in [6, 6.07) is 3.87. The molecule has 1 aromatic rings. The maximum atomic E-state index is 10.4. The molecule has 0 radical (unpaired) electrons. The van der Waals surface area contributed by atoms with E-state index in [1.165, 1.54) is 6.42 Å². The average Bonchev–Trinajstić information content (AvgIpc) is 2.38. The van der Waals surface area contributed by atoms with Crippen molar-refractivity contribution in [1.82, 2.24) is 4.98 Å². The van der Waals surface area contributed by atoms with E-state index in [2.05, 4.69) is 15.6 Å². The van der Waals surface area contributed by atoms with Crippen LogP contribution in [-0.2, 0) is 0 Å². The summed E-state index contributed by atoms with van der Waals surface area (Å²) >= 11 is 0. The summed E-state index contributed by atoms with van der Waals surface area (Å²) in [6.45, 7) is 0.625. The fraction of sp³-hybridized carbons (Fsp3) is 0.615. The number of hydrogen-bond donors (Lipinski definition) is 3. The van der Waals surface area contributed by atoms with Crippen molar-refractivity contribution in [3.05, 3.63) is 18.3 Å². The van der Waals surface area contributed by atoms with Crippen molar-refractivity contribution in [3.8, 4) is 0 Å². The third-order valence-electron chi connectivity index (χ3n) is 3.42. The predicted octanol–water partition coefficient (Wildman–Crippen LogP) is 2.23. The minimum Gasteiger partial charge on any atom is -0.388 e. The Morgan fingerprint density at radius 2 is 2.12 bits per heavy atom. The molecular weight excluding hydrogens is 214 g/mol. The van der Waals surface area contributed by atoms with Gasteiger partial charge in [-0.1, -0.05) is 19.3 Å². The lowest BCUT2D eigenvalue weighted by Crippen LogP contribution is -2.38. The van der Waals surface area contributed by atoms with E-state index >= 15 is 0 Å². The first-order valence-electron chi connectivity index (χ1n) is 6.32. The zero-order valence-corrected chi connectivity index (χ0v) is 10.4. The Morgan fingerprint density at radius 1 is 1.35 bits per heavy atom. The van der Waals surface area contributed by atoms with Gasteiger partial charge in [0.1, 0.15) is 5.82 Å². The molecule has 1 saturated carbocycles. The summed E-state index contributed by atoms with van der Waals surface area (Å²) in [4.78, 5) is 4.16. The molecule has 1 aliphatic rings. The Balaban J connectivity index is 1.92. The molecule has 0 spiro atoms. The van der Waals surface area contributed by atoms with Gasteiger partial charge in [-0.2, -0.15) is 0 Å². The fourth-order valence-corrected chi connectivity index (χ4v) is 2.33. The third-order valence-corrected chi connectivity index (χ3v) is 3.42. The summed E-state index contributed by atoms with van der Waals surface area (Å²) in [5.74, 6) is 0.839. The molecule has 3 N–H and O–H groups in total. The molecule has 0 aromatic carbocycles. The van der Waals surface area contributed by atoms with Crippen molar-refractivity contribution in [1.29, 1.82) is 0 Å². The Kier molecular flexibility index (Phi) is 3.84. The van der Waals surface area contributed by atoms with Gasteiger partial charge in [-0.3, -0.25) is 0 Å². The van der Waals surface area contributed by atoms with Crippen LogP contribution in [0.25, 0.3) is 0 Å². The standard InChI is InChI=1S/C13H21N3O/c1-14-12-9-11(5-8-15-12)16-10-13(17)6-3-2-4-7-13/h5,8-9,17H,2-4,6-7,10H2,1H3,(H2,14,15,16). The van der Waals surface area contributed by atoms with Crippen LogP contribution in [-0.4, -0.2) is 29.3 Å². The lowest BCUT2D eigenvalue weighted by atomic mass is 9.85. The third kappa shape index (κ3) is 3.33. The van der Waals surface area contributed by atoms with Crippen molar-refractivity contribution in [2.75, 3.05) is 24.2 Å². The number of nitrogens with zero attached hydrogens (tertiary/aromatic N) is 1. The molecule has 0 amide bonds. The number of nitrogens with one attached hydrogen (secondary N) is 2. The number of pyridine rings is 1. The molecule has 94 valence electrons. The van der Waals surface area contributed by atoms with E-state index in [9.17, 15) is 5.11 Å². The van der Waals surface area contributed by atoms with Gasteiger partial charge in [-0.05, 0) is 18.9 Å². The van der Waals surface area contributed by atoms with E-state index in [0.717, 1.165) is 37.2 Å². The van der Waals surface area contributed by atoms with E-state index < -0.39 is 5.60 Å². The zero-order valence-electron chi connectivity index (χ0n) is 10.4. The molecule has 1 fully saturated rings. The van der Waals surface area contributed by atoms with E-state index in [-0.39, 0.29) is 0 Å². The summed E-state index contributed by atoms with van der Waals surface area (Å²) < 4.78 is 0. The fourth-order valence-electron chi connectivity index (χ4n) is 2.33. The number of hydrogen-bond acceptors (Lipinski definition) is 4. The topological polar surface area (TPSA) is 57.2 Å². The van der Waals surface area contributed by atoms with Crippen LogP contribution in [0.3, 0.4) is 0 Å². The Bertz CT molecular complexity index is 361. The monoisotopic (exact) mass is 235 g/mol. The molecular formula is C13H21N3O. The first-order valence-corrected chi connectivity index (χ1v) is 6.32. The average molecular weight is 235 g/mol. The lowest BCUT2D eigenvalue weighted by Gasteiger charge is -2.32. The van der Waals surface area contributed by atoms with Gasteiger partial charge in [0.2, 0.25) is 0 Å². The van der Waals surface area contributed by atoms with Crippen LogP contribution >= 0.6 is 0 Å². The molecule has 0 aliphatic heterocycles. The highest BCUT2D eigenvalue weighted by Gasteiger charge is 2.28. The van der Waals surface area contributed by atoms with Crippen molar-refractivity contribution < 1.29 is 5.11 Å². The van der Waals surface area contributed by atoms with Gasteiger partial charge in [-0.25, -0.2) is 4.98 Å². The smallest absolute Gasteiger partial charge is 0.127 e. The number of rotatable bonds is 4. The SMILES string of the molecule is CNc1cc(NCC2(O)CCCCC2)ccn1. The Labute approximate surface area is 102 Å². The lowest BCUT2D eigenvalue weighted by molar-refractivity contribution is 0.0167. The second kappa shape index (κ2) is 5.36. The molecule has 0 atom stereocenters. The number of aliphatic hydroxyl groups is 1. The van der Waals surface area contributed by atoms with Gasteiger partial charge < -0.3 is 15.7 Å². The first kappa shape index (κ1) is 12.2. The largest absolute Gasteiger partial charge is 0.388 e. The van der Waals surface area contributed by atoms with Crippen LogP contribution in [0.1, 0.15) is 32.1 Å². The predicted molar refractivity (Wildman–Crippen MR) is 70.3 cm³/mol. The highest BCUT2D eigenvalue weighted by molar-refractivity contribution is 5.51. The molecule has 1 aliphatic carbocycles. The van der Waals surface area contributed by atoms with E-state index in [4.69, 9.17) is 0 Å². The molecule has 4 nitrogen and oxygen atoms in total. The molecule has 0 unspecified atom stereocenters.